The average Bonchev–Trinajstić information content (AvgIpc) is 3.22. The number of nitrogens with one attached hydrogen (secondary N) is 2. The zero-order valence-corrected chi connectivity index (χ0v) is 17.8. The van der Waals surface area contributed by atoms with E-state index >= 15 is 0 Å². The molecule has 3 heterocycles. The maximum Gasteiger partial charge on any atom is 0.273 e. The summed E-state index contributed by atoms with van der Waals surface area (Å²) in [5, 5.41) is 14.7. The Morgan fingerprint density at radius 1 is 1.13 bits per heavy atom. The molecule has 1 aromatic carbocycles. The highest BCUT2D eigenvalue weighted by atomic mass is 32.2. The average molecular weight is 439 g/mol. The number of rotatable bonds is 8. The van der Waals surface area contributed by atoms with Crippen molar-refractivity contribution in [1.82, 2.24) is 29.7 Å². The minimum absolute atomic E-state index is 0.0424. The molecular formula is C21H22N6O3S. The quantitative estimate of drug-likeness (QED) is 0.433. The summed E-state index contributed by atoms with van der Waals surface area (Å²) in [5.41, 5.74) is 0.0231. The van der Waals surface area contributed by atoms with Crippen molar-refractivity contribution in [1.29, 1.82) is 0 Å². The van der Waals surface area contributed by atoms with E-state index in [4.69, 9.17) is 0 Å². The number of carbonyl (C=O) groups is 1. The molecule has 1 unspecified atom stereocenters. The lowest BCUT2D eigenvalue weighted by Crippen LogP contribution is -2.34. The van der Waals surface area contributed by atoms with Gasteiger partial charge in [-0.25, -0.2) is 4.68 Å². The van der Waals surface area contributed by atoms with Crippen molar-refractivity contribution in [2.75, 3.05) is 12.0 Å². The number of nitrogens with zero attached hydrogens (tertiary/aromatic N) is 4. The second-order valence-corrected chi connectivity index (χ2v) is 8.07. The minimum Gasteiger partial charge on any atom is -0.346 e. The van der Waals surface area contributed by atoms with Gasteiger partial charge in [0.1, 0.15) is 0 Å². The van der Waals surface area contributed by atoms with Crippen LogP contribution in [0.25, 0.3) is 16.4 Å². The van der Waals surface area contributed by atoms with Crippen molar-refractivity contribution in [2.45, 2.75) is 25.4 Å². The van der Waals surface area contributed by atoms with Gasteiger partial charge in [-0.1, -0.05) is 18.2 Å². The highest BCUT2D eigenvalue weighted by molar-refractivity contribution is 7.98. The van der Waals surface area contributed by atoms with Crippen LogP contribution in [-0.2, 0) is 11.3 Å². The molecule has 4 aromatic rings. The molecule has 3 aromatic heterocycles. The third-order valence-electron chi connectivity index (χ3n) is 5.04. The lowest BCUT2D eigenvalue weighted by Gasteiger charge is -2.17. The second-order valence-electron chi connectivity index (χ2n) is 7.08. The Bertz CT molecular complexity index is 1340. The molecule has 10 heteroatoms. The van der Waals surface area contributed by atoms with Crippen LogP contribution in [0.3, 0.4) is 0 Å². The molecule has 9 nitrogen and oxygen atoms in total. The maximum absolute atomic E-state index is 12.7. The third-order valence-corrected chi connectivity index (χ3v) is 5.69. The van der Waals surface area contributed by atoms with Crippen molar-refractivity contribution >= 4 is 34.1 Å². The van der Waals surface area contributed by atoms with Gasteiger partial charge in [-0.2, -0.15) is 11.8 Å². The SMILES string of the molecule is CSCCC(NC(=O)CCn1[nH]c(=O)c2ccccc2c1=O)c1nnc2ccccn12. The minimum atomic E-state index is -0.358. The number of hydrogen-bond donors (Lipinski definition) is 2. The Labute approximate surface area is 181 Å². The first-order valence-corrected chi connectivity index (χ1v) is 11.3. The van der Waals surface area contributed by atoms with Crippen LogP contribution >= 0.6 is 11.8 Å². The highest BCUT2D eigenvalue weighted by Crippen LogP contribution is 2.18. The molecule has 1 atom stereocenters. The zero-order chi connectivity index (χ0) is 21.8. The molecule has 0 aliphatic heterocycles. The molecule has 1 amide bonds. The summed E-state index contributed by atoms with van der Waals surface area (Å²) in [6.45, 7) is 0.0700. The molecule has 4 rings (SSSR count). The van der Waals surface area contributed by atoms with Crippen LogP contribution in [-0.4, -0.2) is 42.3 Å². The van der Waals surface area contributed by atoms with Crippen molar-refractivity contribution in [3.05, 3.63) is 75.2 Å². The van der Waals surface area contributed by atoms with Crippen LogP contribution in [0.4, 0.5) is 0 Å². The monoisotopic (exact) mass is 438 g/mol. The molecule has 0 saturated heterocycles. The van der Waals surface area contributed by atoms with Crippen LogP contribution in [0.1, 0.15) is 24.7 Å². The molecule has 0 aliphatic rings. The summed E-state index contributed by atoms with van der Waals surface area (Å²) in [7, 11) is 0. The fourth-order valence-electron chi connectivity index (χ4n) is 3.48. The van der Waals surface area contributed by atoms with Crippen LogP contribution < -0.4 is 16.4 Å². The van der Waals surface area contributed by atoms with Gasteiger partial charge in [-0.05, 0) is 42.7 Å². The Morgan fingerprint density at radius 3 is 2.71 bits per heavy atom. The Balaban J connectivity index is 1.51. The fourth-order valence-corrected chi connectivity index (χ4v) is 3.95. The van der Waals surface area contributed by atoms with Crippen molar-refractivity contribution in [3.63, 3.8) is 0 Å². The first-order valence-electron chi connectivity index (χ1n) is 9.88. The zero-order valence-electron chi connectivity index (χ0n) is 16.9. The summed E-state index contributed by atoms with van der Waals surface area (Å²) in [5.74, 6) is 1.26. The van der Waals surface area contributed by atoms with Gasteiger partial charge in [-0.3, -0.25) is 23.9 Å². The van der Waals surface area contributed by atoms with E-state index in [1.54, 1.807) is 36.0 Å². The second kappa shape index (κ2) is 9.17. The molecule has 0 bridgehead atoms. The van der Waals surface area contributed by atoms with Gasteiger partial charge in [0, 0.05) is 12.6 Å². The van der Waals surface area contributed by atoms with Crippen LogP contribution in [0, 0.1) is 0 Å². The van der Waals surface area contributed by atoms with E-state index in [-0.39, 0.29) is 36.0 Å². The van der Waals surface area contributed by atoms with Gasteiger partial charge < -0.3 is 5.32 Å². The number of H-pyrrole nitrogens is 1. The smallest absolute Gasteiger partial charge is 0.273 e. The number of fused-ring (bicyclic) bond motifs is 2. The maximum atomic E-state index is 12.7. The number of benzene rings is 1. The molecular weight excluding hydrogens is 416 g/mol. The molecule has 0 fully saturated rings. The summed E-state index contributed by atoms with van der Waals surface area (Å²) in [6, 6.07) is 11.9. The number of aromatic nitrogens is 5. The van der Waals surface area contributed by atoms with Gasteiger partial charge in [0.25, 0.3) is 11.1 Å². The number of aromatic amines is 1. The van der Waals surface area contributed by atoms with E-state index in [1.165, 1.54) is 4.68 Å². The predicted molar refractivity (Wildman–Crippen MR) is 120 cm³/mol. The van der Waals surface area contributed by atoms with Crippen molar-refractivity contribution < 1.29 is 4.79 Å². The van der Waals surface area contributed by atoms with E-state index in [2.05, 4.69) is 20.6 Å². The number of thioether (sulfide) groups is 1. The first-order chi connectivity index (χ1) is 15.1. The fraction of sp³-hybridized carbons (Fsp3) is 0.286. The largest absolute Gasteiger partial charge is 0.346 e. The summed E-state index contributed by atoms with van der Waals surface area (Å²) in [4.78, 5) is 37.6. The molecule has 0 saturated carbocycles. The number of pyridine rings is 1. The van der Waals surface area contributed by atoms with E-state index < -0.39 is 0 Å². The van der Waals surface area contributed by atoms with E-state index in [9.17, 15) is 14.4 Å². The molecule has 0 radical (unpaired) electrons. The molecule has 160 valence electrons. The standard InChI is InChI=1S/C21H22N6O3S/c1-31-13-10-16(19-24-23-17-8-4-5-11-26(17)19)22-18(28)9-12-27-21(30)15-7-3-2-6-14(15)20(29)25-27/h2-8,11,16H,9-10,12-13H2,1H3,(H,22,28)(H,25,29). The van der Waals surface area contributed by atoms with Crippen molar-refractivity contribution in [2.24, 2.45) is 0 Å². The topological polar surface area (TPSA) is 114 Å². The van der Waals surface area contributed by atoms with Crippen LogP contribution in [0.15, 0.2) is 58.3 Å². The van der Waals surface area contributed by atoms with E-state index in [0.717, 1.165) is 5.75 Å². The molecule has 31 heavy (non-hydrogen) atoms. The normalized spacial score (nSPS) is 12.3. The summed E-state index contributed by atoms with van der Waals surface area (Å²) in [6.07, 6.45) is 4.60. The molecule has 0 aliphatic carbocycles. The number of aryl methyl sites for hydroxylation is 1. The number of hydrogen-bond acceptors (Lipinski definition) is 6. The Morgan fingerprint density at radius 2 is 1.90 bits per heavy atom. The summed E-state index contributed by atoms with van der Waals surface area (Å²) >= 11 is 1.68. The highest BCUT2D eigenvalue weighted by Gasteiger charge is 2.20. The van der Waals surface area contributed by atoms with E-state index in [1.807, 2.05) is 35.1 Å². The molecule has 0 spiro atoms. The third kappa shape index (κ3) is 4.38. The van der Waals surface area contributed by atoms with Crippen LogP contribution in [0.2, 0.25) is 0 Å². The number of carbonyl (C=O) groups excluding carboxylic acids is 1. The number of amides is 1. The Kier molecular flexibility index (Phi) is 6.17. The summed E-state index contributed by atoms with van der Waals surface area (Å²) < 4.78 is 3.05. The van der Waals surface area contributed by atoms with Crippen LogP contribution in [0.5, 0.6) is 0 Å². The van der Waals surface area contributed by atoms with Gasteiger partial charge in [-0.15, -0.1) is 10.2 Å². The lowest BCUT2D eigenvalue weighted by molar-refractivity contribution is -0.122. The predicted octanol–water partition coefficient (Wildman–Crippen LogP) is 1.73. The van der Waals surface area contributed by atoms with Crippen molar-refractivity contribution in [3.8, 4) is 0 Å². The van der Waals surface area contributed by atoms with Gasteiger partial charge in [0.2, 0.25) is 5.91 Å². The van der Waals surface area contributed by atoms with Gasteiger partial charge >= 0.3 is 0 Å². The molecule has 2 N–H and O–H groups in total. The van der Waals surface area contributed by atoms with Gasteiger partial charge in [0.05, 0.1) is 23.4 Å². The first kappa shape index (κ1) is 20.9. The lowest BCUT2D eigenvalue weighted by atomic mass is 10.2. The van der Waals surface area contributed by atoms with Gasteiger partial charge in [0.15, 0.2) is 11.5 Å². The Hall–Kier alpha value is -3.40. The van der Waals surface area contributed by atoms with E-state index in [0.29, 0.717) is 28.7 Å².